The SMILES string of the molecule is c1cc2c3c(c1)Oc1cc(N4c5ccccc5Sc5ccccc54)cc4c1B3c1c(cccc1O4)O2. The molecule has 4 heterocycles. The summed E-state index contributed by atoms with van der Waals surface area (Å²) in [6, 6.07) is 33.5. The summed E-state index contributed by atoms with van der Waals surface area (Å²) in [6.07, 6.45) is 0. The van der Waals surface area contributed by atoms with Gasteiger partial charge in [0.15, 0.2) is 0 Å². The number of hydrogen-bond donors (Lipinski definition) is 0. The van der Waals surface area contributed by atoms with Crippen molar-refractivity contribution in [3.05, 3.63) is 97.1 Å². The number of ether oxygens (including phenoxy) is 3. The van der Waals surface area contributed by atoms with Crippen LogP contribution in [0, 0.1) is 0 Å². The van der Waals surface area contributed by atoms with Gasteiger partial charge in [-0.2, -0.15) is 0 Å². The van der Waals surface area contributed by atoms with Crippen LogP contribution in [0.5, 0.6) is 34.5 Å². The number of hydrogen-bond acceptors (Lipinski definition) is 5. The molecule has 5 aromatic carbocycles. The van der Waals surface area contributed by atoms with Crippen LogP contribution in [0.1, 0.15) is 0 Å². The van der Waals surface area contributed by atoms with Crippen LogP contribution in [0.3, 0.4) is 0 Å². The predicted molar refractivity (Wildman–Crippen MR) is 143 cm³/mol. The molecule has 4 aliphatic rings. The van der Waals surface area contributed by atoms with E-state index < -0.39 is 0 Å². The van der Waals surface area contributed by atoms with E-state index in [1.165, 1.54) is 9.79 Å². The lowest BCUT2D eigenvalue weighted by atomic mass is 9.34. The molecular weight excluding hydrogens is 465 g/mol. The van der Waals surface area contributed by atoms with Crippen molar-refractivity contribution in [3.63, 3.8) is 0 Å². The molecule has 0 fully saturated rings. The zero-order chi connectivity index (χ0) is 23.4. The molecule has 4 nitrogen and oxygen atoms in total. The van der Waals surface area contributed by atoms with Crippen molar-refractivity contribution in [1.29, 1.82) is 0 Å². The molecule has 0 radical (unpaired) electrons. The van der Waals surface area contributed by atoms with Crippen LogP contribution in [0.2, 0.25) is 0 Å². The Labute approximate surface area is 212 Å². The topological polar surface area (TPSA) is 30.9 Å². The summed E-state index contributed by atoms with van der Waals surface area (Å²) >= 11 is 1.80. The van der Waals surface area contributed by atoms with Crippen LogP contribution in [0.25, 0.3) is 0 Å². The minimum atomic E-state index is 0.0224. The van der Waals surface area contributed by atoms with Gasteiger partial charge < -0.3 is 19.1 Å². The van der Waals surface area contributed by atoms with Crippen LogP contribution in [0.4, 0.5) is 17.1 Å². The Balaban J connectivity index is 1.32. The van der Waals surface area contributed by atoms with E-state index in [9.17, 15) is 0 Å². The van der Waals surface area contributed by atoms with Crippen LogP contribution < -0.4 is 35.5 Å². The van der Waals surface area contributed by atoms with E-state index in [0.717, 1.165) is 67.9 Å². The molecule has 5 aromatic rings. The molecule has 0 aromatic heterocycles. The van der Waals surface area contributed by atoms with Crippen molar-refractivity contribution in [2.24, 2.45) is 0 Å². The van der Waals surface area contributed by atoms with E-state index >= 15 is 0 Å². The third-order valence-corrected chi connectivity index (χ3v) is 8.49. The second-order valence-electron chi connectivity index (χ2n) is 9.30. The van der Waals surface area contributed by atoms with E-state index in [4.69, 9.17) is 14.2 Å². The number of fused-ring (bicyclic) bond motifs is 2. The van der Waals surface area contributed by atoms with Crippen molar-refractivity contribution < 1.29 is 14.2 Å². The van der Waals surface area contributed by atoms with Gasteiger partial charge >= 0.3 is 0 Å². The predicted octanol–water partition coefficient (Wildman–Crippen LogP) is 6.45. The van der Waals surface area contributed by atoms with Crippen molar-refractivity contribution >= 4 is 51.9 Å². The first kappa shape index (κ1) is 19.0. The molecule has 168 valence electrons. The van der Waals surface area contributed by atoms with Gasteiger partial charge in [0.2, 0.25) is 0 Å². The van der Waals surface area contributed by atoms with Crippen LogP contribution in [0.15, 0.2) is 107 Å². The first-order valence-electron chi connectivity index (χ1n) is 12.0. The fourth-order valence-electron chi connectivity index (χ4n) is 5.91. The maximum atomic E-state index is 6.56. The number of benzene rings is 5. The second-order valence-corrected chi connectivity index (χ2v) is 10.4. The van der Waals surface area contributed by atoms with Crippen molar-refractivity contribution in [1.82, 2.24) is 0 Å². The summed E-state index contributed by atoms with van der Waals surface area (Å²) in [6.45, 7) is 0.0224. The van der Waals surface area contributed by atoms with Gasteiger partial charge in [0.1, 0.15) is 34.5 Å². The molecule has 0 N–H and O–H groups in total. The standard InChI is InChI=1S/C30H16BNO3S/c1-3-13-26-18(7-1)32(19-8-2-4-14-27(19)36-26)17-15-24-30-25(16-17)35-23-12-6-10-21-29(23)31(30)28-20(33-21)9-5-11-22(28)34-24/h1-16H. The molecule has 6 heteroatoms. The first-order chi connectivity index (χ1) is 17.8. The molecule has 9 rings (SSSR count). The minimum Gasteiger partial charge on any atom is -0.458 e. The van der Waals surface area contributed by atoms with E-state index in [2.05, 4.69) is 65.6 Å². The largest absolute Gasteiger partial charge is 0.458 e. The van der Waals surface area contributed by atoms with Crippen molar-refractivity contribution in [2.45, 2.75) is 9.79 Å². The van der Waals surface area contributed by atoms with E-state index in [1.54, 1.807) is 11.8 Å². The molecule has 4 aliphatic heterocycles. The highest BCUT2D eigenvalue weighted by molar-refractivity contribution is 7.99. The average Bonchev–Trinajstić information content (AvgIpc) is 2.91. The number of para-hydroxylation sites is 2. The molecule has 0 bridgehead atoms. The van der Waals surface area contributed by atoms with Gasteiger partial charge in [-0.3, -0.25) is 0 Å². The lowest BCUT2D eigenvalue weighted by Gasteiger charge is -2.39. The summed E-state index contributed by atoms with van der Waals surface area (Å²) < 4.78 is 19.4. The zero-order valence-electron chi connectivity index (χ0n) is 18.9. The molecule has 0 amide bonds. The molecule has 0 atom stereocenters. The smallest absolute Gasteiger partial charge is 0.270 e. The quantitative estimate of drug-likeness (QED) is 0.252. The molecule has 0 aliphatic carbocycles. The van der Waals surface area contributed by atoms with Gasteiger partial charge in [0.25, 0.3) is 6.71 Å². The Bertz CT molecular complexity index is 1660. The number of rotatable bonds is 1. The van der Waals surface area contributed by atoms with Gasteiger partial charge in [-0.15, -0.1) is 0 Å². The number of nitrogens with zero attached hydrogens (tertiary/aromatic N) is 1. The second kappa shape index (κ2) is 6.68. The highest BCUT2D eigenvalue weighted by Gasteiger charge is 2.46. The van der Waals surface area contributed by atoms with Crippen LogP contribution >= 0.6 is 11.8 Å². The Morgan fingerprint density at radius 2 is 0.944 bits per heavy atom. The Hall–Kier alpha value is -4.29. The van der Waals surface area contributed by atoms with Gasteiger partial charge in [-0.05, 0) is 48.5 Å². The van der Waals surface area contributed by atoms with Crippen LogP contribution in [-0.2, 0) is 0 Å². The van der Waals surface area contributed by atoms with E-state index in [0.29, 0.717) is 0 Å². The van der Waals surface area contributed by atoms with Crippen molar-refractivity contribution in [2.75, 3.05) is 4.90 Å². The minimum absolute atomic E-state index is 0.0224. The lowest BCUT2D eigenvalue weighted by molar-refractivity contribution is 0.443. The zero-order valence-corrected chi connectivity index (χ0v) is 19.7. The molecule has 0 unspecified atom stereocenters. The first-order valence-corrected chi connectivity index (χ1v) is 12.8. The fourth-order valence-corrected chi connectivity index (χ4v) is 6.97. The van der Waals surface area contributed by atoms with Gasteiger partial charge in [0.05, 0.1) is 17.1 Å². The Morgan fingerprint density at radius 3 is 1.47 bits per heavy atom. The lowest BCUT2D eigenvalue weighted by Crippen LogP contribution is -2.59. The van der Waals surface area contributed by atoms with E-state index in [1.807, 2.05) is 36.4 Å². The van der Waals surface area contributed by atoms with Crippen molar-refractivity contribution in [3.8, 4) is 34.5 Å². The molecule has 0 saturated heterocycles. The molecular formula is C30H16BNO3S. The molecule has 36 heavy (non-hydrogen) atoms. The summed E-state index contributed by atoms with van der Waals surface area (Å²) in [5.74, 6) is 5.03. The summed E-state index contributed by atoms with van der Waals surface area (Å²) in [5.41, 5.74) is 6.53. The third kappa shape index (κ3) is 2.37. The van der Waals surface area contributed by atoms with E-state index in [-0.39, 0.29) is 6.71 Å². The fraction of sp³-hybridized carbons (Fsp3) is 0. The van der Waals surface area contributed by atoms with Gasteiger partial charge in [-0.25, -0.2) is 0 Å². The maximum Gasteiger partial charge on any atom is 0.270 e. The van der Waals surface area contributed by atoms with Gasteiger partial charge in [0, 0.05) is 38.3 Å². The molecule has 0 spiro atoms. The average molecular weight is 481 g/mol. The number of anilines is 3. The monoisotopic (exact) mass is 481 g/mol. The van der Waals surface area contributed by atoms with Gasteiger partial charge in [-0.1, -0.05) is 48.2 Å². The Kier molecular flexibility index (Phi) is 3.52. The maximum absolute atomic E-state index is 6.56. The summed E-state index contributed by atoms with van der Waals surface area (Å²) in [5, 5.41) is 0. The summed E-state index contributed by atoms with van der Waals surface area (Å²) in [4.78, 5) is 4.75. The summed E-state index contributed by atoms with van der Waals surface area (Å²) in [7, 11) is 0. The highest BCUT2D eigenvalue weighted by Crippen LogP contribution is 2.53. The Morgan fingerprint density at radius 1 is 0.500 bits per heavy atom. The molecule has 0 saturated carbocycles. The normalized spacial score (nSPS) is 14.6. The van der Waals surface area contributed by atoms with Crippen LogP contribution in [-0.4, -0.2) is 6.71 Å². The third-order valence-electron chi connectivity index (χ3n) is 7.36. The highest BCUT2D eigenvalue weighted by atomic mass is 32.2.